The summed E-state index contributed by atoms with van der Waals surface area (Å²) in [7, 11) is 0. The zero-order valence-electron chi connectivity index (χ0n) is 12.5. The molecule has 0 aliphatic carbocycles. The van der Waals surface area contributed by atoms with E-state index in [2.05, 4.69) is 42.8 Å². The first-order valence-corrected chi connectivity index (χ1v) is 6.61. The Morgan fingerprint density at radius 1 is 1.28 bits per heavy atom. The Morgan fingerprint density at radius 2 is 1.89 bits per heavy atom. The lowest BCUT2D eigenvalue weighted by Crippen LogP contribution is -2.38. The summed E-state index contributed by atoms with van der Waals surface area (Å²) in [6.07, 6.45) is 1.90. The van der Waals surface area contributed by atoms with Crippen LogP contribution in [0.15, 0.2) is 6.20 Å². The molecule has 1 aromatic heterocycles. The SMILES string of the molecule is CCN(Cc1cn[nH]c1C(C)(C)C)CC(C)(C)O. The van der Waals surface area contributed by atoms with Gasteiger partial charge in [0.1, 0.15) is 0 Å². The van der Waals surface area contributed by atoms with Gasteiger partial charge in [-0.1, -0.05) is 27.7 Å². The normalized spacial score (nSPS) is 13.3. The second-order valence-corrected chi connectivity index (χ2v) is 6.64. The second-order valence-electron chi connectivity index (χ2n) is 6.64. The van der Waals surface area contributed by atoms with Crippen LogP contribution in [0.25, 0.3) is 0 Å². The molecule has 2 N–H and O–H groups in total. The molecule has 0 saturated carbocycles. The molecule has 0 aliphatic heterocycles. The Morgan fingerprint density at radius 3 is 2.33 bits per heavy atom. The first-order chi connectivity index (χ1) is 8.13. The fourth-order valence-corrected chi connectivity index (χ4v) is 2.15. The third-order valence-electron chi connectivity index (χ3n) is 2.92. The van der Waals surface area contributed by atoms with Crippen LogP contribution in [0.2, 0.25) is 0 Å². The number of aromatic amines is 1. The molecule has 18 heavy (non-hydrogen) atoms. The van der Waals surface area contributed by atoms with Gasteiger partial charge in [-0.3, -0.25) is 10.00 Å². The molecule has 1 aromatic rings. The van der Waals surface area contributed by atoms with Crippen molar-refractivity contribution in [2.24, 2.45) is 0 Å². The summed E-state index contributed by atoms with van der Waals surface area (Å²) in [6.45, 7) is 14.7. The van der Waals surface area contributed by atoms with E-state index in [0.29, 0.717) is 6.54 Å². The van der Waals surface area contributed by atoms with Crippen LogP contribution >= 0.6 is 0 Å². The molecule has 0 atom stereocenters. The lowest BCUT2D eigenvalue weighted by Gasteiger charge is -2.29. The van der Waals surface area contributed by atoms with E-state index in [4.69, 9.17) is 0 Å². The molecule has 0 unspecified atom stereocenters. The van der Waals surface area contributed by atoms with Gasteiger partial charge in [0.25, 0.3) is 0 Å². The van der Waals surface area contributed by atoms with Crippen molar-refractivity contribution in [2.45, 2.75) is 59.1 Å². The number of nitrogens with one attached hydrogen (secondary N) is 1. The smallest absolute Gasteiger partial charge is 0.0718 e. The van der Waals surface area contributed by atoms with Crippen LogP contribution in [0.3, 0.4) is 0 Å². The van der Waals surface area contributed by atoms with Crippen molar-refractivity contribution in [1.29, 1.82) is 0 Å². The molecule has 0 amide bonds. The maximum Gasteiger partial charge on any atom is 0.0718 e. The van der Waals surface area contributed by atoms with Crippen molar-refractivity contribution >= 4 is 0 Å². The molecular formula is C14H27N3O. The third-order valence-corrected chi connectivity index (χ3v) is 2.92. The molecule has 1 rings (SSSR count). The zero-order chi connectivity index (χ0) is 14.0. The monoisotopic (exact) mass is 253 g/mol. The van der Waals surface area contributed by atoms with Crippen LogP contribution in [0.1, 0.15) is 52.8 Å². The average Bonchev–Trinajstić information content (AvgIpc) is 2.62. The summed E-state index contributed by atoms with van der Waals surface area (Å²) in [4.78, 5) is 2.24. The number of hydrogen-bond acceptors (Lipinski definition) is 3. The van der Waals surface area contributed by atoms with Gasteiger partial charge in [-0.15, -0.1) is 0 Å². The van der Waals surface area contributed by atoms with Crippen molar-refractivity contribution in [3.8, 4) is 0 Å². The summed E-state index contributed by atoms with van der Waals surface area (Å²) in [5.74, 6) is 0. The highest BCUT2D eigenvalue weighted by Gasteiger charge is 2.23. The van der Waals surface area contributed by atoms with Gasteiger partial charge in [-0.05, 0) is 20.4 Å². The van der Waals surface area contributed by atoms with Crippen molar-refractivity contribution in [3.63, 3.8) is 0 Å². The van der Waals surface area contributed by atoms with Gasteiger partial charge in [-0.25, -0.2) is 0 Å². The highest BCUT2D eigenvalue weighted by Crippen LogP contribution is 2.24. The lowest BCUT2D eigenvalue weighted by molar-refractivity contribution is 0.0352. The number of aromatic nitrogens is 2. The molecule has 0 spiro atoms. The van der Waals surface area contributed by atoms with Crippen molar-refractivity contribution < 1.29 is 5.11 Å². The highest BCUT2D eigenvalue weighted by molar-refractivity contribution is 5.23. The number of hydrogen-bond donors (Lipinski definition) is 2. The Labute approximate surface area is 110 Å². The van der Waals surface area contributed by atoms with Crippen molar-refractivity contribution in [3.05, 3.63) is 17.5 Å². The van der Waals surface area contributed by atoms with Gasteiger partial charge in [0, 0.05) is 29.8 Å². The van der Waals surface area contributed by atoms with Gasteiger partial charge in [0.05, 0.1) is 11.8 Å². The molecule has 4 nitrogen and oxygen atoms in total. The molecule has 0 saturated heterocycles. The van der Waals surface area contributed by atoms with Gasteiger partial charge in [-0.2, -0.15) is 5.10 Å². The van der Waals surface area contributed by atoms with E-state index in [-0.39, 0.29) is 5.41 Å². The second kappa shape index (κ2) is 5.41. The summed E-state index contributed by atoms with van der Waals surface area (Å²) >= 11 is 0. The summed E-state index contributed by atoms with van der Waals surface area (Å²) in [5, 5.41) is 17.2. The molecule has 0 fully saturated rings. The predicted molar refractivity (Wildman–Crippen MR) is 74.5 cm³/mol. The van der Waals surface area contributed by atoms with Gasteiger partial charge >= 0.3 is 0 Å². The lowest BCUT2D eigenvalue weighted by atomic mass is 9.89. The van der Waals surface area contributed by atoms with Crippen LogP contribution in [0.5, 0.6) is 0 Å². The number of aliphatic hydroxyl groups is 1. The molecular weight excluding hydrogens is 226 g/mol. The maximum absolute atomic E-state index is 9.91. The van der Waals surface area contributed by atoms with Crippen LogP contribution in [0.4, 0.5) is 0 Å². The van der Waals surface area contributed by atoms with E-state index in [1.54, 1.807) is 0 Å². The van der Waals surface area contributed by atoms with E-state index in [1.165, 1.54) is 11.3 Å². The largest absolute Gasteiger partial charge is 0.389 e. The number of nitrogens with zero attached hydrogens (tertiary/aromatic N) is 2. The average molecular weight is 253 g/mol. The Kier molecular flexibility index (Phi) is 4.56. The molecule has 0 aliphatic rings. The molecule has 0 aromatic carbocycles. The Hall–Kier alpha value is -0.870. The molecule has 0 radical (unpaired) electrons. The van der Waals surface area contributed by atoms with E-state index < -0.39 is 5.60 Å². The number of likely N-dealkylation sites (N-methyl/N-ethyl adjacent to an activating group) is 1. The van der Waals surface area contributed by atoms with Gasteiger partial charge < -0.3 is 5.11 Å². The molecule has 1 heterocycles. The third kappa shape index (κ3) is 4.42. The van der Waals surface area contributed by atoms with Gasteiger partial charge in [0.2, 0.25) is 0 Å². The van der Waals surface area contributed by atoms with E-state index in [9.17, 15) is 5.11 Å². The minimum atomic E-state index is -0.665. The summed E-state index contributed by atoms with van der Waals surface area (Å²) in [5.41, 5.74) is 1.80. The van der Waals surface area contributed by atoms with Gasteiger partial charge in [0.15, 0.2) is 0 Å². The van der Waals surface area contributed by atoms with Crippen LogP contribution in [0, 0.1) is 0 Å². The Balaban J connectivity index is 2.80. The topological polar surface area (TPSA) is 52.2 Å². The van der Waals surface area contributed by atoms with Crippen LogP contribution in [-0.4, -0.2) is 38.9 Å². The highest BCUT2D eigenvalue weighted by atomic mass is 16.3. The fourth-order valence-electron chi connectivity index (χ4n) is 2.15. The minimum Gasteiger partial charge on any atom is -0.389 e. The first kappa shape index (κ1) is 15.2. The summed E-state index contributed by atoms with van der Waals surface area (Å²) in [6, 6.07) is 0. The number of rotatable bonds is 5. The predicted octanol–water partition coefficient (Wildman–Crippen LogP) is 2.30. The van der Waals surface area contributed by atoms with Crippen LogP contribution < -0.4 is 0 Å². The molecule has 104 valence electrons. The Bertz CT molecular complexity index is 371. The standard InChI is InChI=1S/C14H27N3O/c1-7-17(10-14(5,6)18)9-11-8-15-16-12(11)13(2,3)4/h8,18H,7,9-10H2,1-6H3,(H,15,16). The van der Waals surface area contributed by atoms with E-state index in [1.807, 2.05) is 20.0 Å². The van der Waals surface area contributed by atoms with E-state index >= 15 is 0 Å². The van der Waals surface area contributed by atoms with Crippen LogP contribution in [-0.2, 0) is 12.0 Å². The summed E-state index contributed by atoms with van der Waals surface area (Å²) < 4.78 is 0. The number of H-pyrrole nitrogens is 1. The fraction of sp³-hybridized carbons (Fsp3) is 0.786. The molecule has 0 bridgehead atoms. The first-order valence-electron chi connectivity index (χ1n) is 6.61. The quantitative estimate of drug-likeness (QED) is 0.846. The molecule has 4 heteroatoms. The van der Waals surface area contributed by atoms with Crippen molar-refractivity contribution in [2.75, 3.05) is 13.1 Å². The van der Waals surface area contributed by atoms with Crippen molar-refractivity contribution in [1.82, 2.24) is 15.1 Å². The zero-order valence-corrected chi connectivity index (χ0v) is 12.5. The minimum absolute atomic E-state index is 0.0694. The van der Waals surface area contributed by atoms with E-state index in [0.717, 1.165) is 13.1 Å². The maximum atomic E-state index is 9.91.